The van der Waals surface area contributed by atoms with Crippen molar-refractivity contribution in [2.45, 2.75) is 271 Å². The van der Waals surface area contributed by atoms with Crippen molar-refractivity contribution in [3.8, 4) is 0 Å². The molecule has 0 heterocycles. The van der Waals surface area contributed by atoms with E-state index in [2.05, 4.69) is 118 Å². The molecule has 6 nitrogen and oxygen atoms in total. The maximum atomic E-state index is 12.8. The van der Waals surface area contributed by atoms with Crippen LogP contribution in [0.1, 0.15) is 265 Å². The number of hydrogen-bond donors (Lipinski definition) is 0. The van der Waals surface area contributed by atoms with Crippen molar-refractivity contribution in [3.05, 3.63) is 97.2 Å². The fraction of sp³-hybridized carbons (Fsp3) is 0.698. The fourth-order valence-corrected chi connectivity index (χ4v) is 7.77. The molecule has 0 spiro atoms. The van der Waals surface area contributed by atoms with Gasteiger partial charge in [0, 0.05) is 19.3 Å². The number of ether oxygens (including phenoxy) is 3. The van der Waals surface area contributed by atoms with Crippen molar-refractivity contribution in [2.75, 3.05) is 13.2 Å². The Morgan fingerprint density at radius 3 is 0.899 bits per heavy atom. The van der Waals surface area contributed by atoms with E-state index in [0.29, 0.717) is 19.3 Å². The van der Waals surface area contributed by atoms with Crippen molar-refractivity contribution >= 4 is 17.9 Å². The van der Waals surface area contributed by atoms with Crippen LogP contribution in [0.5, 0.6) is 0 Å². The van der Waals surface area contributed by atoms with E-state index in [0.717, 1.165) is 135 Å². The van der Waals surface area contributed by atoms with Crippen LogP contribution in [0.2, 0.25) is 0 Å². The molecule has 0 aliphatic rings. The summed E-state index contributed by atoms with van der Waals surface area (Å²) in [7, 11) is 0. The van der Waals surface area contributed by atoms with Gasteiger partial charge in [0.1, 0.15) is 13.2 Å². The summed E-state index contributed by atoms with van der Waals surface area (Å²) in [6, 6.07) is 0. The first-order valence-electron chi connectivity index (χ1n) is 28.7. The lowest BCUT2D eigenvalue weighted by Crippen LogP contribution is -2.30. The molecular weight excluding hydrogens is 853 g/mol. The first-order valence-corrected chi connectivity index (χ1v) is 28.7. The van der Waals surface area contributed by atoms with Gasteiger partial charge in [-0.25, -0.2) is 0 Å². The number of esters is 3. The second-order valence-corrected chi connectivity index (χ2v) is 18.8. The summed E-state index contributed by atoms with van der Waals surface area (Å²) in [5, 5.41) is 0. The van der Waals surface area contributed by atoms with Gasteiger partial charge in [-0.2, -0.15) is 0 Å². The zero-order valence-electron chi connectivity index (χ0n) is 45.0. The molecule has 0 aliphatic carbocycles. The van der Waals surface area contributed by atoms with Crippen molar-refractivity contribution < 1.29 is 28.6 Å². The lowest BCUT2D eigenvalue weighted by Gasteiger charge is -2.18. The SMILES string of the molecule is CC/C=C\C/C=C\C/C=C\C/C=C\C/C=C\C/C=C\C/C=C\CCCCCCCC(=O)OCC(COC(=O)CCCCCCCCCCC)OC(=O)CCCCCCC/C=C\CCCCCCCC. The minimum absolute atomic E-state index is 0.0858. The first kappa shape index (κ1) is 65.3. The molecule has 394 valence electrons. The van der Waals surface area contributed by atoms with Gasteiger partial charge >= 0.3 is 17.9 Å². The summed E-state index contributed by atoms with van der Waals surface area (Å²) >= 11 is 0. The van der Waals surface area contributed by atoms with Gasteiger partial charge in [-0.3, -0.25) is 14.4 Å². The zero-order chi connectivity index (χ0) is 50.0. The van der Waals surface area contributed by atoms with Crippen LogP contribution in [-0.2, 0) is 28.6 Å². The van der Waals surface area contributed by atoms with E-state index < -0.39 is 6.10 Å². The van der Waals surface area contributed by atoms with E-state index in [1.807, 2.05) is 0 Å². The average molecular weight is 960 g/mol. The Kier molecular flexibility index (Phi) is 53.9. The van der Waals surface area contributed by atoms with E-state index in [4.69, 9.17) is 14.2 Å². The molecule has 69 heavy (non-hydrogen) atoms. The van der Waals surface area contributed by atoms with Gasteiger partial charge in [0.2, 0.25) is 0 Å². The second-order valence-electron chi connectivity index (χ2n) is 18.8. The van der Waals surface area contributed by atoms with Crippen molar-refractivity contribution in [3.63, 3.8) is 0 Å². The predicted molar refractivity (Wildman–Crippen MR) is 297 cm³/mol. The molecule has 0 aliphatic heterocycles. The number of allylic oxidation sites excluding steroid dienone is 16. The minimum Gasteiger partial charge on any atom is -0.462 e. The molecule has 6 heteroatoms. The maximum Gasteiger partial charge on any atom is 0.306 e. The molecule has 1 unspecified atom stereocenters. The predicted octanol–water partition coefficient (Wildman–Crippen LogP) is 19.3. The largest absolute Gasteiger partial charge is 0.462 e. The van der Waals surface area contributed by atoms with Crippen molar-refractivity contribution in [1.82, 2.24) is 0 Å². The third-order valence-electron chi connectivity index (χ3n) is 12.1. The van der Waals surface area contributed by atoms with Crippen LogP contribution >= 0.6 is 0 Å². The smallest absolute Gasteiger partial charge is 0.306 e. The lowest BCUT2D eigenvalue weighted by molar-refractivity contribution is -0.167. The summed E-state index contributed by atoms with van der Waals surface area (Å²) in [6.07, 6.45) is 75.5. The van der Waals surface area contributed by atoms with E-state index in [-0.39, 0.29) is 31.1 Å². The Labute approximate surface area is 426 Å². The first-order chi connectivity index (χ1) is 34.0. The van der Waals surface area contributed by atoms with Gasteiger partial charge in [0.15, 0.2) is 6.10 Å². The molecule has 0 bridgehead atoms. The Bertz CT molecular complexity index is 1380. The molecule has 1 atom stereocenters. The highest BCUT2D eigenvalue weighted by Crippen LogP contribution is 2.14. The van der Waals surface area contributed by atoms with Gasteiger partial charge < -0.3 is 14.2 Å². The lowest BCUT2D eigenvalue weighted by atomic mass is 10.1. The number of hydrogen-bond acceptors (Lipinski definition) is 6. The topological polar surface area (TPSA) is 78.9 Å². The van der Waals surface area contributed by atoms with Gasteiger partial charge in [-0.15, -0.1) is 0 Å². The van der Waals surface area contributed by atoms with Crippen LogP contribution in [0.4, 0.5) is 0 Å². The number of carbonyl (C=O) groups excluding carboxylic acids is 3. The Morgan fingerprint density at radius 2 is 0.565 bits per heavy atom. The fourth-order valence-electron chi connectivity index (χ4n) is 7.77. The van der Waals surface area contributed by atoms with Crippen molar-refractivity contribution in [1.29, 1.82) is 0 Å². The summed E-state index contributed by atoms with van der Waals surface area (Å²) in [5.74, 6) is -0.915. The Morgan fingerprint density at radius 1 is 0.304 bits per heavy atom. The molecule has 0 aromatic rings. The molecule has 0 amide bonds. The average Bonchev–Trinajstić information content (AvgIpc) is 3.35. The zero-order valence-corrected chi connectivity index (χ0v) is 45.0. The molecule has 0 radical (unpaired) electrons. The summed E-state index contributed by atoms with van der Waals surface area (Å²) in [5.41, 5.74) is 0. The van der Waals surface area contributed by atoms with Gasteiger partial charge in [0.05, 0.1) is 0 Å². The Hall–Kier alpha value is -3.67. The standard InChI is InChI=1S/C63H106O6/c1-4-7-10-13-16-19-21-23-25-26-27-28-29-30-31-32-33-34-35-36-38-39-41-44-47-50-53-56-62(65)68-59-60(58-67-61(64)55-52-49-46-43-18-15-12-9-6-3)69-63(66)57-54-51-48-45-42-40-37-24-22-20-17-14-11-8-5-2/h7,10,16,19,23-25,27-28,30-31,33-34,36-38,60H,4-6,8-9,11-15,17-18,20-22,26,29,32,35,39-59H2,1-3H3/b10-7-,19-16-,25-23-,28-27-,31-30-,34-33-,37-24-,38-36-. The van der Waals surface area contributed by atoms with E-state index in [9.17, 15) is 14.4 Å². The van der Waals surface area contributed by atoms with Crippen molar-refractivity contribution in [2.24, 2.45) is 0 Å². The van der Waals surface area contributed by atoms with Gasteiger partial charge in [-0.05, 0) is 103 Å². The molecular formula is C63H106O6. The molecule has 0 fully saturated rings. The van der Waals surface area contributed by atoms with Crippen LogP contribution in [0.25, 0.3) is 0 Å². The monoisotopic (exact) mass is 959 g/mol. The van der Waals surface area contributed by atoms with E-state index in [1.54, 1.807) is 0 Å². The summed E-state index contributed by atoms with van der Waals surface area (Å²) < 4.78 is 16.8. The van der Waals surface area contributed by atoms with Crippen LogP contribution in [0.3, 0.4) is 0 Å². The molecule has 0 rings (SSSR count). The normalized spacial score (nSPS) is 12.8. The minimum atomic E-state index is -0.788. The second kappa shape index (κ2) is 56.9. The third-order valence-corrected chi connectivity index (χ3v) is 12.1. The number of carbonyl (C=O) groups is 3. The highest BCUT2D eigenvalue weighted by Gasteiger charge is 2.19. The molecule has 0 N–H and O–H groups in total. The summed E-state index contributed by atoms with van der Waals surface area (Å²) in [6.45, 7) is 6.48. The van der Waals surface area contributed by atoms with Crippen LogP contribution in [0, 0.1) is 0 Å². The quantitative estimate of drug-likeness (QED) is 0.0262. The molecule has 0 aromatic carbocycles. The Balaban J connectivity index is 4.30. The number of rotatable bonds is 51. The van der Waals surface area contributed by atoms with Gasteiger partial charge in [0.25, 0.3) is 0 Å². The third kappa shape index (κ3) is 55.1. The van der Waals surface area contributed by atoms with Crippen LogP contribution in [0.15, 0.2) is 97.2 Å². The molecule has 0 saturated heterocycles. The van der Waals surface area contributed by atoms with E-state index in [1.165, 1.54) is 89.9 Å². The van der Waals surface area contributed by atoms with Crippen LogP contribution < -0.4 is 0 Å². The molecule has 0 saturated carbocycles. The molecule has 0 aromatic heterocycles. The number of unbranched alkanes of at least 4 members (excludes halogenated alkanes) is 24. The van der Waals surface area contributed by atoms with E-state index >= 15 is 0 Å². The van der Waals surface area contributed by atoms with Crippen LogP contribution in [-0.4, -0.2) is 37.2 Å². The maximum absolute atomic E-state index is 12.8. The highest BCUT2D eigenvalue weighted by molar-refractivity contribution is 5.71. The van der Waals surface area contributed by atoms with Gasteiger partial charge in [-0.1, -0.05) is 240 Å². The summed E-state index contributed by atoms with van der Waals surface area (Å²) in [4.78, 5) is 38.0. The highest BCUT2D eigenvalue weighted by atomic mass is 16.6.